The summed E-state index contributed by atoms with van der Waals surface area (Å²) in [5, 5.41) is 28.6. The van der Waals surface area contributed by atoms with Gasteiger partial charge in [-0.3, -0.25) is 9.10 Å². The van der Waals surface area contributed by atoms with E-state index in [2.05, 4.69) is 0 Å². The van der Waals surface area contributed by atoms with Crippen molar-refractivity contribution in [1.29, 1.82) is 0 Å². The highest BCUT2D eigenvalue weighted by molar-refractivity contribution is 7.93. The molecule has 0 saturated carbocycles. The normalized spacial score (nSPS) is 15.9. The number of aliphatic hydroxyl groups excluding tert-OH is 2. The lowest BCUT2D eigenvalue weighted by Gasteiger charge is -2.34. The number of aliphatic carboxylic acids is 1. The molecule has 0 saturated heterocycles. The molecule has 0 bridgehead atoms. The molecule has 0 unspecified atom stereocenters. The fourth-order valence-corrected chi connectivity index (χ4v) is 5.78. The minimum absolute atomic E-state index is 0.121. The summed E-state index contributed by atoms with van der Waals surface area (Å²) < 4.78 is 41.6. The number of aromatic nitrogens is 1. The molecule has 1 aliphatic rings. The van der Waals surface area contributed by atoms with Crippen LogP contribution in [-0.4, -0.2) is 58.7 Å². The van der Waals surface area contributed by atoms with Gasteiger partial charge in [0.2, 0.25) is 10.0 Å². The molecule has 3 rings (SSSR count). The van der Waals surface area contributed by atoms with Crippen molar-refractivity contribution in [2.24, 2.45) is 0 Å². The van der Waals surface area contributed by atoms with Crippen LogP contribution >= 0.6 is 0 Å². The molecule has 3 N–H and O–H groups in total. The van der Waals surface area contributed by atoms with E-state index < -0.39 is 45.7 Å². The zero-order valence-corrected chi connectivity index (χ0v) is 22.4. The van der Waals surface area contributed by atoms with Crippen LogP contribution in [0, 0.1) is 5.82 Å². The third-order valence-electron chi connectivity index (χ3n) is 6.36. The van der Waals surface area contributed by atoms with Crippen molar-refractivity contribution in [2.45, 2.75) is 76.8 Å². The van der Waals surface area contributed by atoms with Gasteiger partial charge in [-0.2, -0.15) is 0 Å². The van der Waals surface area contributed by atoms with Crippen LogP contribution in [0.3, 0.4) is 0 Å². The van der Waals surface area contributed by atoms with Gasteiger partial charge in [-0.25, -0.2) is 17.8 Å². The lowest BCUT2D eigenvalue weighted by Crippen LogP contribution is -2.41. The van der Waals surface area contributed by atoms with Gasteiger partial charge in [-0.05, 0) is 55.9 Å². The number of fused-ring (bicyclic) bond motifs is 1. The largest absolute Gasteiger partial charge is 0.481 e. The van der Waals surface area contributed by atoms with Crippen molar-refractivity contribution in [2.75, 3.05) is 10.8 Å². The zero-order valence-electron chi connectivity index (χ0n) is 21.6. The Bertz CT molecular complexity index is 1260. The summed E-state index contributed by atoms with van der Waals surface area (Å²) in [6.45, 7) is 7.43. The molecule has 37 heavy (non-hydrogen) atoms. The maximum absolute atomic E-state index is 13.8. The fourth-order valence-electron chi connectivity index (χ4n) is 4.50. The molecule has 0 fully saturated rings. The molecule has 0 spiro atoms. The van der Waals surface area contributed by atoms with Gasteiger partial charge in [0.15, 0.2) is 0 Å². The number of sulfonamides is 1. The van der Waals surface area contributed by atoms with Crippen molar-refractivity contribution in [3.8, 4) is 11.1 Å². The molecule has 2 atom stereocenters. The lowest BCUT2D eigenvalue weighted by atomic mass is 9.87. The number of aliphatic hydroxyl groups is 2. The van der Waals surface area contributed by atoms with Gasteiger partial charge < -0.3 is 15.3 Å². The van der Waals surface area contributed by atoms with Crippen LogP contribution in [-0.2, 0) is 21.2 Å². The molecular formula is C27H35FN2O6S. The average molecular weight is 535 g/mol. The molecule has 2 aromatic rings. The van der Waals surface area contributed by atoms with E-state index in [9.17, 15) is 27.8 Å². The van der Waals surface area contributed by atoms with Gasteiger partial charge in [0.25, 0.3) is 0 Å². The Morgan fingerprint density at radius 1 is 1.16 bits per heavy atom. The van der Waals surface area contributed by atoms with E-state index in [0.717, 1.165) is 5.56 Å². The van der Waals surface area contributed by atoms with E-state index in [1.54, 1.807) is 32.1 Å². The van der Waals surface area contributed by atoms with Crippen LogP contribution in [0.15, 0.2) is 30.3 Å². The van der Waals surface area contributed by atoms with Crippen molar-refractivity contribution in [3.05, 3.63) is 53.0 Å². The summed E-state index contributed by atoms with van der Waals surface area (Å²) in [5.74, 6) is -1.31. The first-order valence-electron chi connectivity index (χ1n) is 12.4. The second kappa shape index (κ2) is 11.7. The second-order valence-corrected chi connectivity index (χ2v) is 12.3. The average Bonchev–Trinajstić information content (AvgIpc) is 2.81. The highest BCUT2D eigenvalue weighted by atomic mass is 32.2. The quantitative estimate of drug-likeness (QED) is 0.419. The maximum atomic E-state index is 13.8. The molecule has 10 heteroatoms. The lowest BCUT2D eigenvalue weighted by molar-refractivity contribution is -0.139. The Morgan fingerprint density at radius 2 is 1.81 bits per heavy atom. The van der Waals surface area contributed by atoms with Crippen LogP contribution in [0.1, 0.15) is 69.7 Å². The number of carboxylic acid groups (broad SMARTS) is 1. The first-order valence-corrected chi connectivity index (χ1v) is 13.9. The Labute approximate surface area is 217 Å². The van der Waals surface area contributed by atoms with Gasteiger partial charge in [0, 0.05) is 24.1 Å². The van der Waals surface area contributed by atoms with E-state index in [-0.39, 0.29) is 12.3 Å². The number of rotatable bonds is 10. The summed E-state index contributed by atoms with van der Waals surface area (Å²) in [6.07, 6.45) is 1.32. The Morgan fingerprint density at radius 3 is 2.38 bits per heavy atom. The number of carboxylic acids is 1. The molecule has 2 heterocycles. The first kappa shape index (κ1) is 28.7. The molecular weight excluding hydrogens is 499 g/mol. The topological polar surface area (TPSA) is 128 Å². The number of nitrogens with zero attached hydrogens (tertiary/aromatic N) is 2. The van der Waals surface area contributed by atoms with Crippen LogP contribution in [0.5, 0.6) is 0 Å². The Hall–Kier alpha value is -2.82. The SMILES string of the molecule is CC(C)c1nc2c(c(-c3ccc(F)cc3)c1/C=C/[C@@H](O)C[C@@H](O)CC(=O)O)CCCN2S(=O)(=O)C(C)C. The number of carbonyl (C=O) groups is 1. The van der Waals surface area contributed by atoms with Gasteiger partial charge in [0.05, 0.1) is 29.6 Å². The number of benzene rings is 1. The smallest absolute Gasteiger partial charge is 0.305 e. The van der Waals surface area contributed by atoms with E-state index in [0.29, 0.717) is 47.6 Å². The van der Waals surface area contributed by atoms with Crippen LogP contribution in [0.4, 0.5) is 10.2 Å². The number of hydrogen-bond acceptors (Lipinski definition) is 6. The van der Waals surface area contributed by atoms with E-state index >= 15 is 0 Å². The van der Waals surface area contributed by atoms with Crippen molar-refractivity contribution in [3.63, 3.8) is 0 Å². The Balaban J connectivity index is 2.23. The molecule has 1 aromatic carbocycles. The number of halogens is 1. The van der Waals surface area contributed by atoms with Crippen LogP contribution in [0.2, 0.25) is 0 Å². The second-order valence-electron chi connectivity index (χ2n) is 9.93. The standard InChI is InChI=1S/C27H35FN2O6S/c1-16(2)26-22(12-11-20(31)14-21(32)15-24(33)34)25(18-7-9-19(28)10-8-18)23-6-5-13-30(27(23)29-26)37(35,36)17(3)4/h7-12,16-17,20-21,31-32H,5-6,13-15H2,1-4H3,(H,33,34)/b12-11+/t20-,21-/m1/s1. The third kappa shape index (κ3) is 6.55. The number of anilines is 1. The highest BCUT2D eigenvalue weighted by Crippen LogP contribution is 2.42. The first-order chi connectivity index (χ1) is 17.3. The van der Waals surface area contributed by atoms with Crippen LogP contribution in [0.25, 0.3) is 17.2 Å². The molecule has 202 valence electrons. The van der Waals surface area contributed by atoms with Crippen LogP contribution < -0.4 is 4.31 Å². The molecule has 1 aliphatic heterocycles. The third-order valence-corrected chi connectivity index (χ3v) is 8.52. The summed E-state index contributed by atoms with van der Waals surface area (Å²) in [4.78, 5) is 15.7. The molecule has 1 aromatic heterocycles. The summed E-state index contributed by atoms with van der Waals surface area (Å²) in [7, 11) is -3.65. The van der Waals surface area contributed by atoms with Crippen molar-refractivity contribution in [1.82, 2.24) is 4.98 Å². The molecule has 8 nitrogen and oxygen atoms in total. The highest BCUT2D eigenvalue weighted by Gasteiger charge is 2.34. The molecule has 0 aliphatic carbocycles. The van der Waals surface area contributed by atoms with Gasteiger partial charge >= 0.3 is 5.97 Å². The van der Waals surface area contributed by atoms with Gasteiger partial charge in [-0.1, -0.05) is 38.1 Å². The monoisotopic (exact) mass is 534 g/mol. The summed E-state index contributed by atoms with van der Waals surface area (Å²) in [6, 6.07) is 5.95. The van der Waals surface area contributed by atoms with E-state index in [1.807, 2.05) is 13.8 Å². The summed E-state index contributed by atoms with van der Waals surface area (Å²) in [5.41, 5.74) is 3.40. The number of hydrogen-bond donors (Lipinski definition) is 3. The van der Waals surface area contributed by atoms with Crippen molar-refractivity contribution < 1.29 is 32.9 Å². The van der Waals surface area contributed by atoms with Gasteiger partial charge in [0.1, 0.15) is 11.6 Å². The fraction of sp³-hybridized carbons (Fsp3) is 0.481. The minimum Gasteiger partial charge on any atom is -0.481 e. The molecule has 0 radical (unpaired) electrons. The zero-order chi connectivity index (χ0) is 27.5. The predicted molar refractivity (Wildman–Crippen MR) is 141 cm³/mol. The Kier molecular flexibility index (Phi) is 9.09. The summed E-state index contributed by atoms with van der Waals surface area (Å²) >= 11 is 0. The van der Waals surface area contributed by atoms with Gasteiger partial charge in [-0.15, -0.1) is 0 Å². The minimum atomic E-state index is -3.65. The molecule has 0 amide bonds. The predicted octanol–water partition coefficient (Wildman–Crippen LogP) is 4.10. The van der Waals surface area contributed by atoms with E-state index in [4.69, 9.17) is 10.1 Å². The maximum Gasteiger partial charge on any atom is 0.305 e. The number of pyridine rings is 1. The van der Waals surface area contributed by atoms with E-state index in [1.165, 1.54) is 22.5 Å². The van der Waals surface area contributed by atoms with Crippen molar-refractivity contribution >= 4 is 27.9 Å².